The standard InChI is InChI=1S/C16H22O/c1-4-12-17-13-8-11-15-10-7-9-14(5-2)16(15)6-3/h4,7-10,13H,1,5-6,11-12H2,2-3H3/b13-8-. The Morgan fingerprint density at radius 2 is 1.94 bits per heavy atom. The van der Waals surface area contributed by atoms with E-state index in [9.17, 15) is 0 Å². The third-order valence-electron chi connectivity index (χ3n) is 2.85. The molecule has 0 N–H and O–H groups in total. The highest BCUT2D eigenvalue weighted by atomic mass is 16.5. The lowest BCUT2D eigenvalue weighted by Crippen LogP contribution is -1.97. The van der Waals surface area contributed by atoms with Crippen molar-refractivity contribution < 1.29 is 4.74 Å². The van der Waals surface area contributed by atoms with Crippen molar-refractivity contribution in [2.75, 3.05) is 6.61 Å². The van der Waals surface area contributed by atoms with Crippen LogP contribution in [0.4, 0.5) is 0 Å². The molecule has 0 amide bonds. The van der Waals surface area contributed by atoms with Crippen molar-refractivity contribution in [2.45, 2.75) is 33.1 Å². The van der Waals surface area contributed by atoms with Crippen LogP contribution < -0.4 is 0 Å². The van der Waals surface area contributed by atoms with E-state index in [0.717, 1.165) is 19.3 Å². The lowest BCUT2D eigenvalue weighted by molar-refractivity contribution is 0.289. The molecule has 1 rings (SSSR count). The van der Waals surface area contributed by atoms with E-state index in [1.165, 1.54) is 16.7 Å². The predicted octanol–water partition coefficient (Wildman–Crippen LogP) is 4.07. The van der Waals surface area contributed by atoms with E-state index in [4.69, 9.17) is 4.74 Å². The van der Waals surface area contributed by atoms with E-state index in [0.29, 0.717) is 6.61 Å². The Labute approximate surface area is 105 Å². The summed E-state index contributed by atoms with van der Waals surface area (Å²) >= 11 is 0. The average Bonchev–Trinajstić information content (AvgIpc) is 2.38. The summed E-state index contributed by atoms with van der Waals surface area (Å²) in [6.45, 7) is 8.61. The number of hydrogen-bond donors (Lipinski definition) is 0. The molecule has 1 nitrogen and oxygen atoms in total. The van der Waals surface area contributed by atoms with Gasteiger partial charge in [-0.2, -0.15) is 0 Å². The molecule has 0 heterocycles. The van der Waals surface area contributed by atoms with E-state index in [-0.39, 0.29) is 0 Å². The zero-order valence-electron chi connectivity index (χ0n) is 10.9. The van der Waals surface area contributed by atoms with Crippen molar-refractivity contribution in [1.29, 1.82) is 0 Å². The van der Waals surface area contributed by atoms with Gasteiger partial charge in [0.15, 0.2) is 0 Å². The first-order valence-corrected chi connectivity index (χ1v) is 6.30. The molecule has 0 saturated heterocycles. The minimum atomic E-state index is 0.576. The third kappa shape index (κ3) is 4.10. The van der Waals surface area contributed by atoms with Gasteiger partial charge in [0.2, 0.25) is 0 Å². The van der Waals surface area contributed by atoms with Crippen LogP contribution in [-0.2, 0) is 24.0 Å². The second-order valence-corrected chi connectivity index (χ2v) is 3.96. The largest absolute Gasteiger partial charge is 0.497 e. The fraction of sp³-hybridized carbons (Fsp3) is 0.375. The highest BCUT2D eigenvalue weighted by molar-refractivity contribution is 5.36. The van der Waals surface area contributed by atoms with Crippen LogP contribution in [0, 0.1) is 0 Å². The summed E-state index contributed by atoms with van der Waals surface area (Å²) in [5.41, 5.74) is 4.36. The Kier molecular flexibility index (Phi) is 6.16. The molecule has 0 saturated carbocycles. The number of benzene rings is 1. The van der Waals surface area contributed by atoms with E-state index < -0.39 is 0 Å². The van der Waals surface area contributed by atoms with Crippen LogP contribution in [-0.4, -0.2) is 6.61 Å². The quantitative estimate of drug-likeness (QED) is 0.390. The second-order valence-electron chi connectivity index (χ2n) is 3.96. The van der Waals surface area contributed by atoms with E-state index >= 15 is 0 Å². The van der Waals surface area contributed by atoms with E-state index in [2.05, 4.69) is 44.7 Å². The summed E-state index contributed by atoms with van der Waals surface area (Å²) in [5.74, 6) is 0. The molecule has 0 aromatic heterocycles. The first-order valence-electron chi connectivity index (χ1n) is 6.30. The number of allylic oxidation sites excluding steroid dienone is 1. The molecule has 0 aliphatic heterocycles. The van der Waals surface area contributed by atoms with Gasteiger partial charge < -0.3 is 4.74 Å². The zero-order chi connectivity index (χ0) is 12.5. The fourth-order valence-corrected chi connectivity index (χ4v) is 2.03. The van der Waals surface area contributed by atoms with Crippen LogP contribution in [0.5, 0.6) is 0 Å². The molecule has 17 heavy (non-hydrogen) atoms. The van der Waals surface area contributed by atoms with Crippen molar-refractivity contribution in [2.24, 2.45) is 0 Å². The van der Waals surface area contributed by atoms with Crippen molar-refractivity contribution in [3.8, 4) is 0 Å². The topological polar surface area (TPSA) is 9.23 Å². The van der Waals surface area contributed by atoms with Crippen LogP contribution in [0.1, 0.15) is 30.5 Å². The van der Waals surface area contributed by atoms with Crippen LogP contribution in [0.25, 0.3) is 0 Å². The lowest BCUT2D eigenvalue weighted by Gasteiger charge is -2.10. The summed E-state index contributed by atoms with van der Waals surface area (Å²) in [4.78, 5) is 0. The first-order chi connectivity index (χ1) is 8.33. The molecule has 0 fully saturated rings. The lowest BCUT2D eigenvalue weighted by atomic mass is 9.95. The normalized spacial score (nSPS) is 10.7. The molecule has 0 aliphatic carbocycles. The Bertz CT molecular complexity index is 377. The monoisotopic (exact) mass is 230 g/mol. The van der Waals surface area contributed by atoms with Gasteiger partial charge in [-0.1, -0.05) is 44.7 Å². The molecular formula is C16H22O. The maximum atomic E-state index is 5.24. The predicted molar refractivity (Wildman–Crippen MR) is 74.2 cm³/mol. The van der Waals surface area contributed by atoms with Gasteiger partial charge in [-0.05, 0) is 42.0 Å². The summed E-state index contributed by atoms with van der Waals surface area (Å²) in [5, 5.41) is 0. The molecular weight excluding hydrogens is 208 g/mol. The Balaban J connectivity index is 2.69. The fourth-order valence-electron chi connectivity index (χ4n) is 2.03. The summed E-state index contributed by atoms with van der Waals surface area (Å²) in [6.07, 6.45) is 8.72. The molecule has 0 spiro atoms. The second kappa shape index (κ2) is 7.72. The molecule has 0 radical (unpaired) electrons. The molecule has 92 valence electrons. The summed E-state index contributed by atoms with van der Waals surface area (Å²) in [6, 6.07) is 6.57. The Hall–Kier alpha value is -1.50. The van der Waals surface area contributed by atoms with Crippen LogP contribution in [0.3, 0.4) is 0 Å². The van der Waals surface area contributed by atoms with Crippen LogP contribution >= 0.6 is 0 Å². The van der Waals surface area contributed by atoms with Crippen LogP contribution in [0.2, 0.25) is 0 Å². The maximum absolute atomic E-state index is 5.24. The molecule has 0 bridgehead atoms. The third-order valence-corrected chi connectivity index (χ3v) is 2.85. The van der Waals surface area contributed by atoms with Gasteiger partial charge in [-0.25, -0.2) is 0 Å². The van der Waals surface area contributed by atoms with Crippen molar-refractivity contribution in [1.82, 2.24) is 0 Å². The van der Waals surface area contributed by atoms with Crippen molar-refractivity contribution in [3.63, 3.8) is 0 Å². The maximum Gasteiger partial charge on any atom is 0.105 e. The van der Waals surface area contributed by atoms with E-state index in [1.54, 1.807) is 12.3 Å². The average molecular weight is 230 g/mol. The smallest absolute Gasteiger partial charge is 0.105 e. The summed E-state index contributed by atoms with van der Waals surface area (Å²) in [7, 11) is 0. The van der Waals surface area contributed by atoms with Crippen molar-refractivity contribution in [3.05, 3.63) is 59.9 Å². The zero-order valence-corrected chi connectivity index (χ0v) is 10.9. The van der Waals surface area contributed by atoms with Gasteiger partial charge in [-0.3, -0.25) is 0 Å². The SMILES string of the molecule is C=CCO/C=C\Cc1cccc(CC)c1CC. The highest BCUT2D eigenvalue weighted by Gasteiger charge is 2.03. The van der Waals surface area contributed by atoms with Gasteiger partial charge in [0.25, 0.3) is 0 Å². The molecule has 0 unspecified atom stereocenters. The molecule has 1 heteroatoms. The van der Waals surface area contributed by atoms with Gasteiger partial charge in [-0.15, -0.1) is 0 Å². The molecule has 1 aromatic rings. The van der Waals surface area contributed by atoms with Crippen LogP contribution in [0.15, 0.2) is 43.2 Å². The minimum Gasteiger partial charge on any atom is -0.497 e. The van der Waals surface area contributed by atoms with Gasteiger partial charge in [0.1, 0.15) is 6.61 Å². The molecule has 0 atom stereocenters. The summed E-state index contributed by atoms with van der Waals surface area (Å²) < 4.78 is 5.24. The number of hydrogen-bond acceptors (Lipinski definition) is 1. The molecule has 1 aromatic carbocycles. The Morgan fingerprint density at radius 1 is 1.18 bits per heavy atom. The van der Waals surface area contributed by atoms with E-state index in [1.807, 2.05) is 0 Å². The molecule has 0 aliphatic rings. The first kappa shape index (κ1) is 13.6. The van der Waals surface area contributed by atoms with Gasteiger partial charge in [0, 0.05) is 0 Å². The number of aryl methyl sites for hydroxylation is 1. The van der Waals surface area contributed by atoms with Crippen molar-refractivity contribution >= 4 is 0 Å². The van der Waals surface area contributed by atoms with Gasteiger partial charge >= 0.3 is 0 Å². The number of rotatable bonds is 7. The number of ether oxygens (including phenoxy) is 1. The highest BCUT2D eigenvalue weighted by Crippen LogP contribution is 2.17. The Morgan fingerprint density at radius 3 is 2.59 bits per heavy atom. The van der Waals surface area contributed by atoms with Gasteiger partial charge in [0.05, 0.1) is 6.26 Å². The minimum absolute atomic E-state index is 0.576.